The van der Waals surface area contributed by atoms with Crippen LogP contribution in [0.5, 0.6) is 0 Å². The lowest BCUT2D eigenvalue weighted by Crippen LogP contribution is -2.42. The quantitative estimate of drug-likeness (QED) is 0.185. The van der Waals surface area contributed by atoms with Crippen LogP contribution >= 0.6 is 0 Å². The molecule has 1 saturated carbocycles. The van der Waals surface area contributed by atoms with Gasteiger partial charge in [-0.2, -0.15) is 0 Å². The van der Waals surface area contributed by atoms with Gasteiger partial charge in [0.15, 0.2) is 0 Å². The highest BCUT2D eigenvalue weighted by Gasteiger charge is 2.47. The molecule has 2 aromatic rings. The SMILES string of the molecule is CCCCCCCCCC(=O)[C@@H]1[C@@H](c2ccccc2)[C@@H](CCCCCCCC)C(=O)C[C@@H]1c1ccccc1. The molecule has 3 rings (SSSR count). The lowest BCUT2D eigenvalue weighted by Gasteiger charge is -2.42. The molecule has 208 valence electrons. The molecule has 2 heteroatoms. The van der Waals surface area contributed by atoms with Crippen molar-refractivity contribution in [3.8, 4) is 0 Å². The molecule has 0 amide bonds. The van der Waals surface area contributed by atoms with Gasteiger partial charge >= 0.3 is 0 Å². The van der Waals surface area contributed by atoms with E-state index in [1.165, 1.54) is 69.8 Å². The summed E-state index contributed by atoms with van der Waals surface area (Å²) in [6.45, 7) is 4.50. The van der Waals surface area contributed by atoms with Gasteiger partial charge in [-0.15, -0.1) is 0 Å². The van der Waals surface area contributed by atoms with Gasteiger partial charge < -0.3 is 0 Å². The zero-order valence-corrected chi connectivity index (χ0v) is 24.2. The van der Waals surface area contributed by atoms with Crippen molar-refractivity contribution in [2.75, 3.05) is 0 Å². The molecular formula is C36H52O2. The Balaban J connectivity index is 1.80. The first-order valence-electron chi connectivity index (χ1n) is 15.8. The van der Waals surface area contributed by atoms with Gasteiger partial charge in [-0.3, -0.25) is 9.59 Å². The summed E-state index contributed by atoms with van der Waals surface area (Å²) in [5.74, 6) is 0.527. The van der Waals surface area contributed by atoms with Crippen molar-refractivity contribution in [1.82, 2.24) is 0 Å². The van der Waals surface area contributed by atoms with Crippen LogP contribution in [0, 0.1) is 11.8 Å². The number of carbonyl (C=O) groups excluding carboxylic acids is 2. The molecule has 2 nitrogen and oxygen atoms in total. The summed E-state index contributed by atoms with van der Waals surface area (Å²) in [5.41, 5.74) is 2.33. The third kappa shape index (κ3) is 9.21. The topological polar surface area (TPSA) is 34.1 Å². The molecule has 1 fully saturated rings. The average molecular weight is 517 g/mol. The van der Waals surface area contributed by atoms with E-state index in [0.29, 0.717) is 24.4 Å². The number of ketones is 2. The summed E-state index contributed by atoms with van der Waals surface area (Å²) >= 11 is 0. The number of hydrogen-bond donors (Lipinski definition) is 0. The van der Waals surface area contributed by atoms with E-state index in [1.807, 2.05) is 12.1 Å². The maximum atomic E-state index is 14.1. The van der Waals surface area contributed by atoms with Crippen molar-refractivity contribution in [1.29, 1.82) is 0 Å². The fraction of sp³-hybridized carbons (Fsp3) is 0.611. The van der Waals surface area contributed by atoms with Gasteiger partial charge in [0, 0.05) is 36.5 Å². The third-order valence-electron chi connectivity index (χ3n) is 8.77. The maximum absolute atomic E-state index is 14.1. The van der Waals surface area contributed by atoms with Crippen LogP contribution in [0.2, 0.25) is 0 Å². The number of unbranched alkanes of at least 4 members (excludes halogenated alkanes) is 11. The van der Waals surface area contributed by atoms with E-state index in [-0.39, 0.29) is 23.7 Å². The Hall–Kier alpha value is -2.22. The van der Waals surface area contributed by atoms with Gasteiger partial charge in [-0.1, -0.05) is 152 Å². The highest BCUT2D eigenvalue weighted by Crippen LogP contribution is 2.50. The second-order valence-corrected chi connectivity index (χ2v) is 11.7. The molecule has 0 saturated heterocycles. The van der Waals surface area contributed by atoms with Crippen molar-refractivity contribution in [2.24, 2.45) is 11.8 Å². The molecule has 0 aromatic heterocycles. The van der Waals surface area contributed by atoms with Gasteiger partial charge in [0.2, 0.25) is 0 Å². The van der Waals surface area contributed by atoms with Gasteiger partial charge in [0.25, 0.3) is 0 Å². The van der Waals surface area contributed by atoms with Crippen molar-refractivity contribution in [3.63, 3.8) is 0 Å². The summed E-state index contributed by atoms with van der Waals surface area (Å²) in [4.78, 5) is 27.9. The molecule has 0 unspecified atom stereocenters. The minimum absolute atomic E-state index is 0.0182. The van der Waals surface area contributed by atoms with Crippen LogP contribution in [-0.4, -0.2) is 11.6 Å². The van der Waals surface area contributed by atoms with E-state index in [9.17, 15) is 9.59 Å². The molecule has 0 spiro atoms. The normalized spacial score (nSPS) is 21.5. The number of carbonyl (C=O) groups is 2. The van der Waals surface area contributed by atoms with Crippen LogP contribution in [0.3, 0.4) is 0 Å². The van der Waals surface area contributed by atoms with Gasteiger partial charge in [0.1, 0.15) is 11.6 Å². The summed E-state index contributed by atoms with van der Waals surface area (Å²) in [6.07, 6.45) is 17.9. The summed E-state index contributed by atoms with van der Waals surface area (Å²) in [7, 11) is 0. The van der Waals surface area contributed by atoms with E-state index in [4.69, 9.17) is 0 Å². The number of rotatable bonds is 18. The largest absolute Gasteiger partial charge is 0.299 e. The molecule has 0 radical (unpaired) electrons. The highest BCUT2D eigenvalue weighted by atomic mass is 16.1. The lowest BCUT2D eigenvalue weighted by atomic mass is 9.59. The second kappa shape index (κ2) is 17.4. The van der Waals surface area contributed by atoms with Crippen molar-refractivity contribution in [3.05, 3.63) is 71.8 Å². The van der Waals surface area contributed by atoms with E-state index >= 15 is 0 Å². The molecule has 0 heterocycles. The minimum atomic E-state index is -0.123. The first-order valence-corrected chi connectivity index (χ1v) is 15.8. The van der Waals surface area contributed by atoms with Crippen LogP contribution in [0.4, 0.5) is 0 Å². The maximum Gasteiger partial charge on any atom is 0.137 e. The smallest absolute Gasteiger partial charge is 0.137 e. The van der Waals surface area contributed by atoms with Crippen LogP contribution in [0.25, 0.3) is 0 Å². The Morgan fingerprint density at radius 3 is 1.74 bits per heavy atom. The first kappa shape index (κ1) is 30.3. The predicted octanol–water partition coefficient (Wildman–Crippen LogP) is 10.2. The summed E-state index contributed by atoms with van der Waals surface area (Å²) < 4.78 is 0. The summed E-state index contributed by atoms with van der Waals surface area (Å²) in [6, 6.07) is 20.9. The Morgan fingerprint density at radius 2 is 1.16 bits per heavy atom. The fourth-order valence-electron chi connectivity index (χ4n) is 6.67. The molecule has 1 aliphatic rings. The molecule has 38 heavy (non-hydrogen) atoms. The third-order valence-corrected chi connectivity index (χ3v) is 8.77. The van der Waals surface area contributed by atoms with Gasteiger partial charge in [-0.25, -0.2) is 0 Å². The molecule has 1 aliphatic carbocycles. The molecule has 0 bridgehead atoms. The molecule has 0 aliphatic heterocycles. The average Bonchev–Trinajstić information content (AvgIpc) is 2.95. The highest BCUT2D eigenvalue weighted by molar-refractivity contribution is 5.90. The van der Waals surface area contributed by atoms with Gasteiger partial charge in [-0.05, 0) is 24.0 Å². The molecule has 0 N–H and O–H groups in total. The number of benzene rings is 2. The van der Waals surface area contributed by atoms with Crippen LogP contribution in [-0.2, 0) is 9.59 Å². The van der Waals surface area contributed by atoms with E-state index in [2.05, 4.69) is 62.4 Å². The van der Waals surface area contributed by atoms with Crippen molar-refractivity contribution < 1.29 is 9.59 Å². The second-order valence-electron chi connectivity index (χ2n) is 11.7. The monoisotopic (exact) mass is 516 g/mol. The lowest BCUT2D eigenvalue weighted by molar-refractivity contribution is -0.133. The zero-order chi connectivity index (χ0) is 27.0. The van der Waals surface area contributed by atoms with Crippen LogP contribution in [0.15, 0.2) is 60.7 Å². The molecule has 4 atom stereocenters. The van der Waals surface area contributed by atoms with E-state index < -0.39 is 0 Å². The Kier molecular flexibility index (Phi) is 13.9. The standard InChI is InChI=1S/C36H52O2/c1-3-5-7-9-11-13-21-27-33(37)36-32(29-22-16-14-17-23-29)28-34(38)31(26-20-12-10-8-6-4-2)35(36)30-24-18-15-19-25-30/h14-19,22-25,31-32,35-36H,3-13,20-21,26-28H2,1-2H3/t31-,32+,35-,36+/m0/s1. The Morgan fingerprint density at radius 1 is 0.658 bits per heavy atom. The number of Topliss-reactive ketones (excluding diaryl/α,β-unsaturated/α-hetero) is 2. The zero-order valence-electron chi connectivity index (χ0n) is 24.2. The van der Waals surface area contributed by atoms with Gasteiger partial charge in [0.05, 0.1) is 0 Å². The molecular weight excluding hydrogens is 464 g/mol. The van der Waals surface area contributed by atoms with E-state index in [1.54, 1.807) is 0 Å². The minimum Gasteiger partial charge on any atom is -0.299 e. The summed E-state index contributed by atoms with van der Waals surface area (Å²) in [5, 5.41) is 0. The Labute approximate surface area is 233 Å². The van der Waals surface area contributed by atoms with Crippen molar-refractivity contribution in [2.45, 2.75) is 128 Å². The predicted molar refractivity (Wildman–Crippen MR) is 161 cm³/mol. The van der Waals surface area contributed by atoms with Crippen LogP contribution < -0.4 is 0 Å². The molecule has 2 aromatic carbocycles. The van der Waals surface area contributed by atoms with E-state index in [0.717, 1.165) is 31.2 Å². The van der Waals surface area contributed by atoms with Crippen LogP contribution in [0.1, 0.15) is 140 Å². The Bertz CT molecular complexity index is 919. The number of hydrogen-bond acceptors (Lipinski definition) is 2. The first-order chi connectivity index (χ1) is 18.7. The van der Waals surface area contributed by atoms with Crippen molar-refractivity contribution >= 4 is 11.6 Å². The fourth-order valence-corrected chi connectivity index (χ4v) is 6.67.